The van der Waals surface area contributed by atoms with Crippen LogP contribution in [0, 0.1) is 0 Å². The van der Waals surface area contributed by atoms with Crippen LogP contribution in [0.5, 0.6) is 0 Å². The lowest BCUT2D eigenvalue weighted by Gasteiger charge is -1.99. The Morgan fingerprint density at radius 1 is 1.32 bits per heavy atom. The first-order chi connectivity index (χ1) is 10.6. The Hall–Kier alpha value is -2.35. The predicted molar refractivity (Wildman–Crippen MR) is 77.8 cm³/mol. The number of aromatic nitrogens is 2. The maximum absolute atomic E-state index is 11.7. The van der Waals surface area contributed by atoms with Crippen LogP contribution in [0.2, 0.25) is 0 Å². The molecular formula is C14H15N2O5S+. The summed E-state index contributed by atoms with van der Waals surface area (Å²) < 4.78 is 10.9. The molecule has 22 heavy (non-hydrogen) atoms. The van der Waals surface area contributed by atoms with E-state index in [0.29, 0.717) is 5.69 Å². The van der Waals surface area contributed by atoms with Gasteiger partial charge in [-0.3, -0.25) is 14.1 Å². The number of carbonyl (C=O) groups is 2. The summed E-state index contributed by atoms with van der Waals surface area (Å²) in [4.78, 5) is 34.6. The minimum atomic E-state index is -0.571. The number of benzene rings is 1. The molecule has 0 fully saturated rings. The van der Waals surface area contributed by atoms with E-state index < -0.39 is 11.6 Å². The van der Waals surface area contributed by atoms with Crippen LogP contribution >= 0.6 is 11.8 Å². The molecule has 8 heteroatoms. The third-order valence-corrected chi connectivity index (χ3v) is 3.73. The van der Waals surface area contributed by atoms with Crippen molar-refractivity contribution in [1.82, 2.24) is 5.27 Å². The summed E-state index contributed by atoms with van der Waals surface area (Å²) in [5.41, 5.74) is 0.131. The average Bonchev–Trinajstić information content (AvgIpc) is 2.87. The van der Waals surface area contributed by atoms with Gasteiger partial charge in [0.05, 0.1) is 12.4 Å². The van der Waals surface area contributed by atoms with Crippen LogP contribution < -0.4 is 10.3 Å². The number of carbonyl (C=O) groups excluding carboxylic acids is 2. The topological polar surface area (TPSA) is 93.2 Å². The number of ether oxygens (including phenoxy) is 1. The summed E-state index contributed by atoms with van der Waals surface area (Å²) in [7, 11) is 0. The van der Waals surface area contributed by atoms with Gasteiger partial charge in [0.2, 0.25) is 5.69 Å². The van der Waals surface area contributed by atoms with Crippen molar-refractivity contribution < 1.29 is 23.5 Å². The lowest BCUT2D eigenvalue weighted by atomic mass is 10.3. The van der Waals surface area contributed by atoms with Gasteiger partial charge in [0.25, 0.3) is 0 Å². The largest absolute Gasteiger partial charge is 0.466 e. The van der Waals surface area contributed by atoms with Crippen LogP contribution in [-0.2, 0) is 14.3 Å². The highest BCUT2D eigenvalue weighted by Crippen LogP contribution is 2.12. The second-order valence-corrected chi connectivity index (χ2v) is 5.23. The van der Waals surface area contributed by atoms with Crippen molar-refractivity contribution in [3.05, 3.63) is 40.8 Å². The maximum Gasteiger partial charge on any atom is 0.442 e. The normalized spacial score (nSPS) is 10.4. The SMILES string of the molecule is CCOC(=O)CC(=O)CSc1c(=O)o[nH][n+]1-c1ccccc1. The van der Waals surface area contributed by atoms with Crippen LogP contribution in [0.1, 0.15) is 13.3 Å². The molecule has 0 aliphatic heterocycles. The molecule has 1 heterocycles. The number of aromatic amines is 1. The third-order valence-electron chi connectivity index (χ3n) is 2.64. The van der Waals surface area contributed by atoms with Gasteiger partial charge in [0.1, 0.15) is 6.42 Å². The summed E-state index contributed by atoms with van der Waals surface area (Å²) in [6, 6.07) is 9.05. The molecule has 0 spiro atoms. The molecule has 116 valence electrons. The molecule has 0 saturated heterocycles. The minimum absolute atomic E-state index is 0.0196. The summed E-state index contributed by atoms with van der Waals surface area (Å²) in [5, 5.41) is 2.72. The van der Waals surface area contributed by atoms with Crippen molar-refractivity contribution in [2.75, 3.05) is 12.4 Å². The number of esters is 1. The van der Waals surface area contributed by atoms with E-state index in [0.717, 1.165) is 11.8 Å². The molecule has 2 aromatic rings. The number of hydrogen-bond donors (Lipinski definition) is 1. The number of Topliss-reactive ketones (excluding diaryl/α,β-unsaturated/α-hetero) is 1. The highest BCUT2D eigenvalue weighted by molar-refractivity contribution is 7.99. The molecule has 0 unspecified atom stereocenters. The molecule has 0 aliphatic rings. The zero-order valence-electron chi connectivity index (χ0n) is 11.9. The van der Waals surface area contributed by atoms with Gasteiger partial charge in [-0.15, -0.1) is 0 Å². The highest BCUT2D eigenvalue weighted by Gasteiger charge is 2.25. The van der Waals surface area contributed by atoms with E-state index in [-0.39, 0.29) is 29.6 Å². The van der Waals surface area contributed by atoms with Crippen molar-refractivity contribution in [3.63, 3.8) is 0 Å². The lowest BCUT2D eigenvalue weighted by Crippen LogP contribution is -2.36. The van der Waals surface area contributed by atoms with Gasteiger partial charge in [-0.2, -0.15) is 0 Å². The van der Waals surface area contributed by atoms with E-state index in [9.17, 15) is 14.4 Å². The van der Waals surface area contributed by atoms with Crippen molar-refractivity contribution in [2.24, 2.45) is 0 Å². The second kappa shape index (κ2) is 7.60. The summed E-state index contributed by atoms with van der Waals surface area (Å²) in [6.45, 7) is 1.90. The Kier molecular flexibility index (Phi) is 5.54. The first kappa shape index (κ1) is 16.0. The van der Waals surface area contributed by atoms with E-state index in [1.54, 1.807) is 19.1 Å². The molecule has 0 saturated carbocycles. The second-order valence-electron chi connectivity index (χ2n) is 4.27. The Bertz CT molecular complexity index is 708. The van der Waals surface area contributed by atoms with Crippen molar-refractivity contribution >= 4 is 23.5 Å². The molecule has 0 aliphatic carbocycles. The molecule has 0 amide bonds. The quantitative estimate of drug-likeness (QED) is 0.351. The van der Waals surface area contributed by atoms with Gasteiger partial charge in [-0.25, -0.2) is 4.79 Å². The fourth-order valence-corrected chi connectivity index (χ4v) is 2.54. The fraction of sp³-hybridized carbons (Fsp3) is 0.286. The van der Waals surface area contributed by atoms with Crippen LogP contribution in [0.4, 0.5) is 0 Å². The smallest absolute Gasteiger partial charge is 0.442 e. The van der Waals surface area contributed by atoms with Crippen molar-refractivity contribution in [1.29, 1.82) is 0 Å². The lowest BCUT2D eigenvalue weighted by molar-refractivity contribution is -0.704. The molecular weight excluding hydrogens is 308 g/mol. The van der Waals surface area contributed by atoms with Gasteiger partial charge in [-0.1, -0.05) is 18.2 Å². The van der Waals surface area contributed by atoms with Crippen molar-refractivity contribution in [3.8, 4) is 5.69 Å². The molecule has 2 rings (SSSR count). The third kappa shape index (κ3) is 4.08. The zero-order chi connectivity index (χ0) is 15.9. The van der Waals surface area contributed by atoms with E-state index >= 15 is 0 Å². The Labute approximate surface area is 130 Å². The molecule has 1 N–H and O–H groups in total. The van der Waals surface area contributed by atoms with Crippen molar-refractivity contribution in [2.45, 2.75) is 18.4 Å². The number of nitrogens with one attached hydrogen (secondary N) is 1. The van der Waals surface area contributed by atoms with Crippen LogP contribution in [0.25, 0.3) is 5.69 Å². The fourth-order valence-electron chi connectivity index (χ4n) is 1.71. The van der Waals surface area contributed by atoms with Crippen LogP contribution in [0.15, 0.2) is 44.7 Å². The number of rotatable bonds is 7. The van der Waals surface area contributed by atoms with E-state index in [1.807, 2.05) is 18.2 Å². The monoisotopic (exact) mass is 323 g/mol. The van der Waals surface area contributed by atoms with Crippen LogP contribution in [-0.4, -0.2) is 29.4 Å². The average molecular weight is 323 g/mol. The number of hydrogen-bond acceptors (Lipinski definition) is 6. The Balaban J connectivity index is 2.05. The highest BCUT2D eigenvalue weighted by atomic mass is 32.2. The van der Waals surface area contributed by atoms with Gasteiger partial charge in [0, 0.05) is 12.1 Å². The minimum Gasteiger partial charge on any atom is -0.466 e. The van der Waals surface area contributed by atoms with Gasteiger partial charge >= 0.3 is 16.6 Å². The van der Waals surface area contributed by atoms with Gasteiger partial charge in [-0.05, 0) is 28.6 Å². The van der Waals surface area contributed by atoms with E-state index in [2.05, 4.69) is 5.27 Å². The predicted octanol–water partition coefficient (Wildman–Crippen LogP) is 0.859. The number of thioether (sulfide) groups is 1. The van der Waals surface area contributed by atoms with E-state index in [1.165, 1.54) is 4.68 Å². The Morgan fingerprint density at radius 3 is 2.73 bits per heavy atom. The molecule has 0 bridgehead atoms. The summed E-state index contributed by atoms with van der Waals surface area (Å²) >= 11 is 1.01. The molecule has 0 radical (unpaired) electrons. The van der Waals surface area contributed by atoms with Crippen LogP contribution in [0.3, 0.4) is 0 Å². The standard InChI is InChI=1S/C14H14N2O5S/c1-2-20-12(18)8-11(17)9-22-13-14(19)21-15-16(13)10-6-4-3-5-7-10/h3-7H,2,8-9H2,1H3/p+1. The molecule has 7 nitrogen and oxygen atoms in total. The van der Waals surface area contributed by atoms with Gasteiger partial charge in [0.15, 0.2) is 5.78 Å². The summed E-state index contributed by atoms with van der Waals surface area (Å²) in [6.07, 6.45) is -0.304. The summed E-state index contributed by atoms with van der Waals surface area (Å²) in [5.74, 6) is -0.900. The first-order valence-electron chi connectivity index (χ1n) is 6.61. The number of nitrogens with zero attached hydrogens (tertiary/aromatic N) is 1. The number of H-pyrrole nitrogens is 1. The van der Waals surface area contributed by atoms with E-state index in [4.69, 9.17) is 9.26 Å². The molecule has 0 atom stereocenters. The van der Waals surface area contributed by atoms with Gasteiger partial charge < -0.3 is 4.74 Å². The molecule has 1 aromatic carbocycles. The Morgan fingerprint density at radius 2 is 2.05 bits per heavy atom. The molecule has 1 aromatic heterocycles. The number of ketones is 1. The first-order valence-corrected chi connectivity index (χ1v) is 7.59. The number of para-hydroxylation sites is 1. The zero-order valence-corrected chi connectivity index (χ0v) is 12.7. The maximum atomic E-state index is 11.7.